The summed E-state index contributed by atoms with van der Waals surface area (Å²) in [6.07, 6.45) is 5.70. The van der Waals surface area contributed by atoms with Gasteiger partial charge in [-0.2, -0.15) is 0 Å². The zero-order valence-corrected chi connectivity index (χ0v) is 8.27. The van der Waals surface area contributed by atoms with Crippen LogP contribution in [0.3, 0.4) is 0 Å². The summed E-state index contributed by atoms with van der Waals surface area (Å²) in [5.41, 5.74) is 0.503. The molecule has 1 heterocycles. The summed E-state index contributed by atoms with van der Waals surface area (Å²) >= 11 is 0. The summed E-state index contributed by atoms with van der Waals surface area (Å²) in [5.74, 6) is 0.988. The Morgan fingerprint density at radius 1 is 1.42 bits per heavy atom. The van der Waals surface area contributed by atoms with Gasteiger partial charge in [-0.25, -0.2) is 0 Å². The molecule has 0 spiro atoms. The molecule has 12 heavy (non-hydrogen) atoms. The van der Waals surface area contributed by atoms with Gasteiger partial charge in [-0.15, -0.1) is 0 Å². The standard InChI is InChI=1S/C10H20N2/c1-12(2)8-10(9-4-5-9)6-3-7-11-10/h9,11H,3-8H2,1-2H3. The Kier molecular flexibility index (Phi) is 2.13. The number of rotatable bonds is 3. The first kappa shape index (κ1) is 8.52. The lowest BCUT2D eigenvalue weighted by molar-refractivity contribution is 0.229. The molecule has 2 aliphatic rings. The van der Waals surface area contributed by atoms with Crippen LogP contribution >= 0.6 is 0 Å². The Labute approximate surface area is 75.3 Å². The molecular weight excluding hydrogens is 148 g/mol. The van der Waals surface area contributed by atoms with Gasteiger partial charge in [-0.05, 0) is 52.2 Å². The van der Waals surface area contributed by atoms with Gasteiger partial charge >= 0.3 is 0 Å². The molecule has 0 aromatic carbocycles. The van der Waals surface area contributed by atoms with Crippen molar-refractivity contribution in [2.75, 3.05) is 27.2 Å². The summed E-state index contributed by atoms with van der Waals surface area (Å²) in [4.78, 5) is 2.33. The molecule has 2 nitrogen and oxygen atoms in total. The minimum atomic E-state index is 0.503. The number of nitrogens with one attached hydrogen (secondary N) is 1. The van der Waals surface area contributed by atoms with Crippen LogP contribution in [0.4, 0.5) is 0 Å². The van der Waals surface area contributed by atoms with E-state index < -0.39 is 0 Å². The fourth-order valence-corrected chi connectivity index (χ4v) is 2.64. The van der Waals surface area contributed by atoms with Crippen molar-refractivity contribution in [3.63, 3.8) is 0 Å². The van der Waals surface area contributed by atoms with E-state index in [1.54, 1.807) is 0 Å². The lowest BCUT2D eigenvalue weighted by Gasteiger charge is -2.32. The Morgan fingerprint density at radius 2 is 2.17 bits per heavy atom. The van der Waals surface area contributed by atoms with Crippen molar-refractivity contribution in [3.05, 3.63) is 0 Å². The first-order chi connectivity index (χ1) is 5.73. The lowest BCUT2D eigenvalue weighted by Crippen LogP contribution is -2.49. The van der Waals surface area contributed by atoms with E-state index in [0.29, 0.717) is 5.54 Å². The van der Waals surface area contributed by atoms with E-state index in [4.69, 9.17) is 0 Å². The van der Waals surface area contributed by atoms with Crippen LogP contribution in [-0.2, 0) is 0 Å². The predicted octanol–water partition coefficient (Wildman–Crippen LogP) is 1.08. The van der Waals surface area contributed by atoms with Gasteiger partial charge in [0.2, 0.25) is 0 Å². The van der Waals surface area contributed by atoms with Crippen LogP contribution in [0, 0.1) is 5.92 Å². The van der Waals surface area contributed by atoms with Crippen molar-refractivity contribution < 1.29 is 0 Å². The molecule has 2 rings (SSSR count). The van der Waals surface area contributed by atoms with Crippen molar-refractivity contribution in [3.8, 4) is 0 Å². The van der Waals surface area contributed by atoms with Gasteiger partial charge in [0.15, 0.2) is 0 Å². The Hall–Kier alpha value is -0.0800. The van der Waals surface area contributed by atoms with Gasteiger partial charge in [0.25, 0.3) is 0 Å². The summed E-state index contributed by atoms with van der Waals surface area (Å²) in [6, 6.07) is 0. The van der Waals surface area contributed by atoms with Crippen molar-refractivity contribution in [1.29, 1.82) is 0 Å². The second-order valence-corrected chi connectivity index (χ2v) is 4.70. The molecule has 1 atom stereocenters. The van der Waals surface area contributed by atoms with Gasteiger partial charge in [0.1, 0.15) is 0 Å². The molecular formula is C10H20N2. The molecule has 0 radical (unpaired) electrons. The van der Waals surface area contributed by atoms with Crippen molar-refractivity contribution in [2.24, 2.45) is 5.92 Å². The van der Waals surface area contributed by atoms with Gasteiger partial charge in [0, 0.05) is 12.1 Å². The van der Waals surface area contributed by atoms with Crippen molar-refractivity contribution in [1.82, 2.24) is 10.2 Å². The molecule has 1 unspecified atom stereocenters. The molecule has 0 bridgehead atoms. The van der Waals surface area contributed by atoms with E-state index in [2.05, 4.69) is 24.3 Å². The smallest absolute Gasteiger partial charge is 0.0337 e. The quantitative estimate of drug-likeness (QED) is 0.678. The third-order valence-corrected chi connectivity index (χ3v) is 3.23. The topological polar surface area (TPSA) is 15.3 Å². The minimum Gasteiger partial charge on any atom is -0.310 e. The molecule has 1 N–H and O–H groups in total. The fraction of sp³-hybridized carbons (Fsp3) is 1.00. The first-order valence-corrected chi connectivity index (χ1v) is 5.13. The molecule has 1 aliphatic carbocycles. The Balaban J connectivity index is 2.00. The maximum absolute atomic E-state index is 3.72. The molecule has 1 aliphatic heterocycles. The SMILES string of the molecule is CN(C)CC1(C2CC2)CCCN1. The highest BCUT2D eigenvalue weighted by atomic mass is 15.1. The first-order valence-electron chi connectivity index (χ1n) is 5.13. The van der Waals surface area contributed by atoms with Crippen LogP contribution in [0.1, 0.15) is 25.7 Å². The molecule has 2 heteroatoms. The second kappa shape index (κ2) is 3.00. The molecule has 0 amide bonds. The van der Waals surface area contributed by atoms with Crippen LogP contribution in [0.5, 0.6) is 0 Å². The lowest BCUT2D eigenvalue weighted by atomic mass is 9.91. The predicted molar refractivity (Wildman–Crippen MR) is 51.2 cm³/mol. The van der Waals surface area contributed by atoms with E-state index >= 15 is 0 Å². The van der Waals surface area contributed by atoms with Gasteiger partial charge < -0.3 is 10.2 Å². The summed E-state index contributed by atoms with van der Waals surface area (Å²) in [5, 5.41) is 3.72. The van der Waals surface area contributed by atoms with Crippen LogP contribution < -0.4 is 5.32 Å². The molecule has 2 fully saturated rings. The van der Waals surface area contributed by atoms with E-state index in [-0.39, 0.29) is 0 Å². The monoisotopic (exact) mass is 168 g/mol. The van der Waals surface area contributed by atoms with E-state index in [1.165, 1.54) is 38.8 Å². The van der Waals surface area contributed by atoms with Crippen molar-refractivity contribution in [2.45, 2.75) is 31.2 Å². The number of hydrogen-bond acceptors (Lipinski definition) is 2. The van der Waals surface area contributed by atoms with Crippen LogP contribution in [0.25, 0.3) is 0 Å². The highest BCUT2D eigenvalue weighted by molar-refractivity contribution is 5.05. The van der Waals surface area contributed by atoms with Crippen LogP contribution in [0.15, 0.2) is 0 Å². The third-order valence-electron chi connectivity index (χ3n) is 3.23. The molecule has 0 aromatic heterocycles. The maximum Gasteiger partial charge on any atom is 0.0337 e. The summed E-state index contributed by atoms with van der Waals surface area (Å²) in [6.45, 7) is 2.47. The molecule has 1 saturated carbocycles. The maximum atomic E-state index is 3.72. The average molecular weight is 168 g/mol. The summed E-state index contributed by atoms with van der Waals surface area (Å²) < 4.78 is 0. The van der Waals surface area contributed by atoms with Gasteiger partial charge in [-0.1, -0.05) is 0 Å². The Morgan fingerprint density at radius 3 is 2.58 bits per heavy atom. The molecule has 70 valence electrons. The van der Waals surface area contributed by atoms with Crippen molar-refractivity contribution >= 4 is 0 Å². The number of hydrogen-bond donors (Lipinski definition) is 1. The van der Waals surface area contributed by atoms with Crippen LogP contribution in [-0.4, -0.2) is 37.6 Å². The Bertz CT molecular complexity index is 155. The molecule has 0 aromatic rings. The van der Waals surface area contributed by atoms with E-state index in [1.807, 2.05) is 0 Å². The minimum absolute atomic E-state index is 0.503. The highest BCUT2D eigenvalue weighted by Crippen LogP contribution is 2.44. The zero-order chi connectivity index (χ0) is 8.60. The highest BCUT2D eigenvalue weighted by Gasteiger charge is 2.46. The largest absolute Gasteiger partial charge is 0.310 e. The third kappa shape index (κ3) is 1.50. The van der Waals surface area contributed by atoms with Gasteiger partial charge in [0.05, 0.1) is 0 Å². The molecule has 1 saturated heterocycles. The van der Waals surface area contributed by atoms with E-state index in [0.717, 1.165) is 5.92 Å². The summed E-state index contributed by atoms with van der Waals surface area (Å²) in [7, 11) is 4.37. The number of likely N-dealkylation sites (N-methyl/N-ethyl adjacent to an activating group) is 1. The second-order valence-electron chi connectivity index (χ2n) is 4.70. The normalized spacial score (nSPS) is 36.2. The van der Waals surface area contributed by atoms with E-state index in [9.17, 15) is 0 Å². The van der Waals surface area contributed by atoms with Gasteiger partial charge in [-0.3, -0.25) is 0 Å². The average Bonchev–Trinajstić information content (AvgIpc) is 2.75. The number of nitrogens with zero attached hydrogens (tertiary/aromatic N) is 1. The zero-order valence-electron chi connectivity index (χ0n) is 8.27. The van der Waals surface area contributed by atoms with Crippen LogP contribution in [0.2, 0.25) is 0 Å². The fourth-order valence-electron chi connectivity index (χ4n) is 2.64.